The average molecular weight is 200 g/mol. The summed E-state index contributed by atoms with van der Waals surface area (Å²) in [6, 6.07) is 0. The van der Waals surface area contributed by atoms with Gasteiger partial charge in [0.05, 0.1) is 0 Å². The van der Waals surface area contributed by atoms with Crippen molar-refractivity contribution >= 4 is 11.7 Å². The van der Waals surface area contributed by atoms with Crippen LogP contribution in [0.1, 0.15) is 25.7 Å². The van der Waals surface area contributed by atoms with Crippen molar-refractivity contribution in [2.45, 2.75) is 25.7 Å². The van der Waals surface area contributed by atoms with Crippen LogP contribution in [0.2, 0.25) is 0 Å². The van der Waals surface area contributed by atoms with E-state index in [1.165, 1.54) is 0 Å². The van der Waals surface area contributed by atoms with Gasteiger partial charge >= 0.3 is 0 Å². The van der Waals surface area contributed by atoms with Crippen molar-refractivity contribution in [2.24, 2.45) is 33.6 Å². The third-order valence-corrected chi connectivity index (χ3v) is 2.79. The van der Waals surface area contributed by atoms with Crippen molar-refractivity contribution in [1.29, 1.82) is 0 Å². The molecule has 0 radical (unpaired) electrons. The Bertz CT molecular complexity index is 218. The predicted octanol–water partition coefficient (Wildman–Crippen LogP) is 0.286. The lowest BCUT2D eigenvalue weighted by Gasteiger charge is -2.26. The molecule has 0 spiro atoms. The second-order valence-electron chi connectivity index (χ2n) is 3.60. The Morgan fingerprint density at radius 1 is 0.857 bits per heavy atom. The number of amidine groups is 2. The number of nitrogens with zero attached hydrogens (tertiary/aromatic N) is 2. The molecule has 0 aromatic rings. The molecule has 0 aromatic heterocycles. The lowest BCUT2D eigenvalue weighted by molar-refractivity contribution is 0.296. The maximum Gasteiger partial charge on any atom is 0.142 e. The van der Waals surface area contributed by atoms with E-state index in [1.54, 1.807) is 0 Å². The summed E-state index contributed by atoms with van der Waals surface area (Å²) in [5, 5.41) is 22.9. The van der Waals surface area contributed by atoms with Crippen molar-refractivity contribution in [3.63, 3.8) is 0 Å². The molecule has 0 unspecified atom stereocenters. The van der Waals surface area contributed by atoms with Gasteiger partial charge in [0.25, 0.3) is 0 Å². The van der Waals surface area contributed by atoms with E-state index in [1.807, 2.05) is 0 Å². The highest BCUT2D eigenvalue weighted by molar-refractivity contribution is 5.84. The molecule has 0 amide bonds. The van der Waals surface area contributed by atoms with Crippen LogP contribution in [0.4, 0.5) is 0 Å². The minimum absolute atomic E-state index is 0.128. The summed E-state index contributed by atoms with van der Waals surface area (Å²) < 4.78 is 0. The summed E-state index contributed by atoms with van der Waals surface area (Å²) in [7, 11) is 0. The van der Waals surface area contributed by atoms with Gasteiger partial charge in [-0.2, -0.15) is 0 Å². The fraction of sp³-hybridized carbons (Fsp3) is 0.750. The average Bonchev–Trinajstić information content (AvgIpc) is 2.27. The number of nitrogens with two attached hydrogens (primary N) is 2. The molecule has 0 aromatic carbocycles. The van der Waals surface area contributed by atoms with Gasteiger partial charge in [0.15, 0.2) is 0 Å². The molecule has 1 aliphatic carbocycles. The van der Waals surface area contributed by atoms with E-state index in [2.05, 4.69) is 10.3 Å². The van der Waals surface area contributed by atoms with Crippen LogP contribution in [0.25, 0.3) is 0 Å². The number of oxime groups is 2. The number of hydrogen-bond acceptors (Lipinski definition) is 4. The SMILES string of the molecule is N/C(=N\O)C1CCC(/C(N)=N/O)CC1. The Labute approximate surface area is 82.3 Å². The minimum Gasteiger partial charge on any atom is -0.409 e. The topological polar surface area (TPSA) is 117 Å². The lowest BCUT2D eigenvalue weighted by atomic mass is 9.81. The molecule has 6 nitrogen and oxygen atoms in total. The van der Waals surface area contributed by atoms with Crippen molar-refractivity contribution in [1.82, 2.24) is 0 Å². The monoisotopic (exact) mass is 200 g/mol. The van der Waals surface area contributed by atoms with Crippen molar-refractivity contribution in [3.8, 4) is 0 Å². The molecule has 0 aliphatic heterocycles. The van der Waals surface area contributed by atoms with E-state index in [0.717, 1.165) is 25.7 Å². The zero-order chi connectivity index (χ0) is 10.6. The van der Waals surface area contributed by atoms with Crippen LogP contribution in [0.5, 0.6) is 0 Å². The molecule has 1 rings (SSSR count). The predicted molar refractivity (Wildman–Crippen MR) is 52.3 cm³/mol. The Kier molecular flexibility index (Phi) is 3.55. The Morgan fingerprint density at radius 2 is 1.14 bits per heavy atom. The molecule has 0 bridgehead atoms. The van der Waals surface area contributed by atoms with Crippen molar-refractivity contribution < 1.29 is 10.4 Å². The van der Waals surface area contributed by atoms with E-state index in [-0.39, 0.29) is 23.5 Å². The standard InChI is InChI=1S/C8H16N4O2/c9-7(11-13)5-1-2-6(4-3-5)8(10)12-14/h5-6,13-14H,1-4H2,(H2,9,11)(H2,10,12). The first-order valence-corrected chi connectivity index (χ1v) is 4.63. The first kappa shape index (κ1) is 10.6. The summed E-state index contributed by atoms with van der Waals surface area (Å²) in [4.78, 5) is 0. The van der Waals surface area contributed by atoms with Crippen LogP contribution in [0.3, 0.4) is 0 Å². The smallest absolute Gasteiger partial charge is 0.142 e. The highest BCUT2D eigenvalue weighted by Crippen LogP contribution is 2.28. The molecule has 6 N–H and O–H groups in total. The molecular weight excluding hydrogens is 184 g/mol. The van der Waals surface area contributed by atoms with Crippen molar-refractivity contribution in [2.75, 3.05) is 0 Å². The van der Waals surface area contributed by atoms with Gasteiger partial charge in [-0.05, 0) is 25.7 Å². The molecule has 0 saturated heterocycles. The van der Waals surface area contributed by atoms with Crippen molar-refractivity contribution in [3.05, 3.63) is 0 Å². The summed E-state index contributed by atoms with van der Waals surface area (Å²) in [5.74, 6) is 0.816. The maximum absolute atomic E-state index is 8.48. The summed E-state index contributed by atoms with van der Waals surface area (Å²) in [6.07, 6.45) is 3.27. The molecule has 1 fully saturated rings. The van der Waals surface area contributed by atoms with E-state index >= 15 is 0 Å². The largest absolute Gasteiger partial charge is 0.409 e. The van der Waals surface area contributed by atoms with Crippen LogP contribution >= 0.6 is 0 Å². The minimum atomic E-state index is 0.128. The van der Waals surface area contributed by atoms with E-state index in [4.69, 9.17) is 21.9 Å². The third-order valence-electron chi connectivity index (χ3n) is 2.79. The van der Waals surface area contributed by atoms with E-state index < -0.39 is 0 Å². The Balaban J connectivity index is 2.46. The fourth-order valence-electron chi connectivity index (χ4n) is 1.85. The van der Waals surface area contributed by atoms with Gasteiger partial charge in [-0.15, -0.1) is 0 Å². The molecule has 1 aliphatic rings. The lowest BCUT2D eigenvalue weighted by Crippen LogP contribution is -2.33. The van der Waals surface area contributed by atoms with Gasteiger partial charge in [-0.1, -0.05) is 10.3 Å². The summed E-state index contributed by atoms with van der Waals surface area (Å²) in [6.45, 7) is 0. The molecule has 1 saturated carbocycles. The zero-order valence-corrected chi connectivity index (χ0v) is 7.93. The molecule has 14 heavy (non-hydrogen) atoms. The third kappa shape index (κ3) is 2.27. The Morgan fingerprint density at radius 3 is 1.36 bits per heavy atom. The van der Waals surface area contributed by atoms with Gasteiger partial charge in [-0.25, -0.2) is 0 Å². The number of rotatable bonds is 2. The molecular formula is C8H16N4O2. The zero-order valence-electron chi connectivity index (χ0n) is 7.93. The summed E-state index contributed by atoms with van der Waals surface area (Å²) in [5.41, 5.74) is 11.0. The van der Waals surface area contributed by atoms with Gasteiger partial charge in [-0.3, -0.25) is 0 Å². The number of hydrogen-bond donors (Lipinski definition) is 4. The fourth-order valence-corrected chi connectivity index (χ4v) is 1.85. The normalized spacial score (nSPS) is 30.3. The van der Waals surface area contributed by atoms with Gasteiger partial charge < -0.3 is 21.9 Å². The molecule has 0 heterocycles. The first-order valence-electron chi connectivity index (χ1n) is 4.63. The second kappa shape index (κ2) is 4.69. The first-order chi connectivity index (χ1) is 6.69. The molecule has 6 heteroatoms. The van der Waals surface area contributed by atoms with Crippen LogP contribution < -0.4 is 11.5 Å². The van der Waals surface area contributed by atoms with E-state index in [9.17, 15) is 0 Å². The summed E-state index contributed by atoms with van der Waals surface area (Å²) >= 11 is 0. The highest BCUT2D eigenvalue weighted by Gasteiger charge is 2.26. The van der Waals surface area contributed by atoms with Gasteiger partial charge in [0, 0.05) is 11.8 Å². The van der Waals surface area contributed by atoms with Gasteiger partial charge in [0.2, 0.25) is 0 Å². The maximum atomic E-state index is 8.48. The molecule has 0 atom stereocenters. The Hall–Kier alpha value is -1.46. The van der Waals surface area contributed by atoms with Crippen LogP contribution in [0, 0.1) is 11.8 Å². The van der Waals surface area contributed by atoms with Crippen LogP contribution in [-0.2, 0) is 0 Å². The quantitative estimate of drug-likeness (QED) is 0.222. The highest BCUT2D eigenvalue weighted by atomic mass is 16.4. The van der Waals surface area contributed by atoms with Gasteiger partial charge in [0.1, 0.15) is 11.7 Å². The second-order valence-corrected chi connectivity index (χ2v) is 3.60. The van der Waals surface area contributed by atoms with Crippen LogP contribution in [-0.4, -0.2) is 22.1 Å². The van der Waals surface area contributed by atoms with E-state index in [0.29, 0.717) is 0 Å². The molecule has 80 valence electrons. The van der Waals surface area contributed by atoms with Crippen LogP contribution in [0.15, 0.2) is 10.3 Å².